The van der Waals surface area contributed by atoms with Crippen LogP contribution in [-0.4, -0.2) is 20.4 Å². The van der Waals surface area contributed by atoms with Gasteiger partial charge in [-0.15, -0.1) is 0 Å². The number of nitrogens with one attached hydrogen (secondary N) is 1. The largest absolute Gasteiger partial charge is 0.343 e. The summed E-state index contributed by atoms with van der Waals surface area (Å²) in [6, 6.07) is 11.7. The lowest BCUT2D eigenvalue weighted by Gasteiger charge is -2.04. The van der Waals surface area contributed by atoms with Gasteiger partial charge in [0.1, 0.15) is 5.65 Å². The number of H-pyrrole nitrogens is 1. The highest BCUT2D eigenvalue weighted by Crippen LogP contribution is 2.23. The first kappa shape index (κ1) is 13.3. The first-order valence-electron chi connectivity index (χ1n) is 6.18. The number of benzene rings is 1. The minimum absolute atomic E-state index is 0.553. The van der Waals surface area contributed by atoms with Crippen LogP contribution in [-0.2, 0) is 17.2 Å². The molecule has 0 fully saturated rings. The third-order valence-electron chi connectivity index (χ3n) is 3.15. The standard InChI is InChI=1S/C15H13ClN2OS/c1-20(19)14-5-4-10(8-13(14)16)7-12-9-11-3-2-6-17-15(11)18-12/h2-6,8-9H,7H2,1H3,(H,17,18). The number of hydrogen-bond acceptors (Lipinski definition) is 2. The van der Waals surface area contributed by atoms with Gasteiger partial charge in [0.15, 0.2) is 0 Å². The first-order chi connectivity index (χ1) is 9.63. The van der Waals surface area contributed by atoms with E-state index in [4.69, 9.17) is 11.6 Å². The van der Waals surface area contributed by atoms with Gasteiger partial charge >= 0.3 is 0 Å². The topological polar surface area (TPSA) is 45.8 Å². The van der Waals surface area contributed by atoms with E-state index in [0.717, 1.165) is 28.7 Å². The Labute approximate surface area is 124 Å². The van der Waals surface area contributed by atoms with Crippen molar-refractivity contribution in [1.82, 2.24) is 9.97 Å². The fraction of sp³-hybridized carbons (Fsp3) is 0.133. The molecule has 0 aliphatic carbocycles. The van der Waals surface area contributed by atoms with Crippen LogP contribution in [0.5, 0.6) is 0 Å². The van der Waals surface area contributed by atoms with Gasteiger partial charge in [-0.1, -0.05) is 17.7 Å². The SMILES string of the molecule is CS(=O)c1ccc(Cc2cc3cccnc3[nH]2)cc1Cl. The number of pyridine rings is 1. The molecule has 3 aromatic rings. The Hall–Kier alpha value is -1.65. The van der Waals surface area contributed by atoms with E-state index < -0.39 is 10.8 Å². The molecule has 2 heterocycles. The summed E-state index contributed by atoms with van der Waals surface area (Å²) in [6.45, 7) is 0. The van der Waals surface area contributed by atoms with E-state index in [2.05, 4.69) is 16.0 Å². The summed E-state index contributed by atoms with van der Waals surface area (Å²) in [6.07, 6.45) is 4.14. The van der Waals surface area contributed by atoms with Crippen LogP contribution in [0.4, 0.5) is 0 Å². The molecular formula is C15H13ClN2OS. The Kier molecular flexibility index (Phi) is 3.59. The molecule has 1 N–H and O–H groups in total. The maximum atomic E-state index is 11.5. The summed E-state index contributed by atoms with van der Waals surface area (Å²) in [4.78, 5) is 8.24. The van der Waals surface area contributed by atoms with Gasteiger partial charge in [-0.25, -0.2) is 4.98 Å². The number of aromatic nitrogens is 2. The molecule has 1 unspecified atom stereocenters. The Morgan fingerprint density at radius 2 is 2.15 bits per heavy atom. The fourth-order valence-electron chi connectivity index (χ4n) is 2.22. The van der Waals surface area contributed by atoms with Crippen LogP contribution in [0, 0.1) is 0 Å². The molecule has 1 atom stereocenters. The summed E-state index contributed by atoms with van der Waals surface area (Å²) in [5.74, 6) is 0. The second-order valence-electron chi connectivity index (χ2n) is 4.63. The number of fused-ring (bicyclic) bond motifs is 1. The van der Waals surface area contributed by atoms with E-state index in [-0.39, 0.29) is 0 Å². The Morgan fingerprint density at radius 1 is 1.30 bits per heavy atom. The van der Waals surface area contributed by atoms with Crippen molar-refractivity contribution in [1.29, 1.82) is 0 Å². The molecular weight excluding hydrogens is 292 g/mol. The van der Waals surface area contributed by atoms with Crippen molar-refractivity contribution in [3.05, 3.63) is 58.9 Å². The second kappa shape index (κ2) is 5.38. The van der Waals surface area contributed by atoms with Gasteiger partial charge in [-0.3, -0.25) is 4.21 Å². The average Bonchev–Trinajstić information content (AvgIpc) is 2.80. The third kappa shape index (κ3) is 2.62. The van der Waals surface area contributed by atoms with Crippen molar-refractivity contribution >= 4 is 33.4 Å². The molecule has 0 aliphatic rings. The van der Waals surface area contributed by atoms with Crippen molar-refractivity contribution in [2.75, 3.05) is 6.26 Å². The third-order valence-corrected chi connectivity index (χ3v) is 4.55. The van der Waals surface area contributed by atoms with Crippen molar-refractivity contribution in [3.8, 4) is 0 Å². The fourth-order valence-corrected chi connectivity index (χ4v) is 3.34. The van der Waals surface area contributed by atoms with Crippen LogP contribution in [0.15, 0.2) is 47.5 Å². The molecule has 2 aromatic heterocycles. The maximum absolute atomic E-state index is 11.5. The van der Waals surface area contributed by atoms with Gasteiger partial charge in [-0.05, 0) is 35.9 Å². The van der Waals surface area contributed by atoms with Crippen molar-refractivity contribution < 1.29 is 4.21 Å². The van der Waals surface area contributed by atoms with Crippen LogP contribution in [0.2, 0.25) is 5.02 Å². The van der Waals surface area contributed by atoms with Crippen molar-refractivity contribution in [3.63, 3.8) is 0 Å². The maximum Gasteiger partial charge on any atom is 0.137 e. The molecule has 0 aliphatic heterocycles. The van der Waals surface area contributed by atoms with E-state index in [1.54, 1.807) is 12.5 Å². The van der Waals surface area contributed by atoms with Crippen LogP contribution in [0.25, 0.3) is 11.0 Å². The molecule has 0 radical (unpaired) electrons. The summed E-state index contributed by atoms with van der Waals surface area (Å²) in [5, 5.41) is 1.65. The minimum Gasteiger partial charge on any atom is -0.343 e. The zero-order chi connectivity index (χ0) is 14.1. The number of halogens is 1. The van der Waals surface area contributed by atoms with Crippen molar-refractivity contribution in [2.45, 2.75) is 11.3 Å². The molecule has 102 valence electrons. The molecule has 0 spiro atoms. The van der Waals surface area contributed by atoms with E-state index in [1.165, 1.54) is 0 Å². The van der Waals surface area contributed by atoms with Gasteiger partial charge < -0.3 is 4.98 Å². The van der Waals surface area contributed by atoms with Crippen LogP contribution in [0.1, 0.15) is 11.3 Å². The Bertz CT molecular complexity index is 764. The predicted octanol–water partition coefficient (Wildman–Crippen LogP) is 3.54. The monoisotopic (exact) mass is 304 g/mol. The molecule has 3 nitrogen and oxygen atoms in total. The zero-order valence-corrected chi connectivity index (χ0v) is 12.5. The predicted molar refractivity (Wildman–Crippen MR) is 82.7 cm³/mol. The van der Waals surface area contributed by atoms with E-state index in [0.29, 0.717) is 9.92 Å². The second-order valence-corrected chi connectivity index (χ2v) is 6.39. The first-order valence-corrected chi connectivity index (χ1v) is 8.11. The van der Waals surface area contributed by atoms with Gasteiger partial charge in [0.2, 0.25) is 0 Å². The molecule has 0 saturated carbocycles. The molecule has 20 heavy (non-hydrogen) atoms. The Balaban J connectivity index is 1.90. The van der Waals surface area contributed by atoms with E-state index in [9.17, 15) is 4.21 Å². The lowest BCUT2D eigenvalue weighted by Crippen LogP contribution is -1.93. The number of nitrogens with zero attached hydrogens (tertiary/aromatic N) is 1. The number of rotatable bonds is 3. The quantitative estimate of drug-likeness (QED) is 0.804. The van der Waals surface area contributed by atoms with E-state index in [1.807, 2.05) is 30.3 Å². The summed E-state index contributed by atoms with van der Waals surface area (Å²) in [7, 11) is -1.06. The molecule has 5 heteroatoms. The normalized spacial score (nSPS) is 12.7. The average molecular weight is 305 g/mol. The highest BCUT2D eigenvalue weighted by atomic mass is 35.5. The lowest BCUT2D eigenvalue weighted by molar-refractivity contribution is 0.687. The molecule has 3 rings (SSSR count). The highest BCUT2D eigenvalue weighted by Gasteiger charge is 2.07. The summed E-state index contributed by atoms with van der Waals surface area (Å²) in [5.41, 5.74) is 3.05. The summed E-state index contributed by atoms with van der Waals surface area (Å²) >= 11 is 6.15. The van der Waals surface area contributed by atoms with Crippen molar-refractivity contribution in [2.24, 2.45) is 0 Å². The molecule has 0 saturated heterocycles. The number of hydrogen-bond donors (Lipinski definition) is 1. The zero-order valence-electron chi connectivity index (χ0n) is 10.9. The molecule has 0 bridgehead atoms. The van der Waals surface area contributed by atoms with Gasteiger partial charge in [0, 0.05) is 30.0 Å². The lowest BCUT2D eigenvalue weighted by atomic mass is 10.1. The molecule has 1 aromatic carbocycles. The summed E-state index contributed by atoms with van der Waals surface area (Å²) < 4.78 is 11.5. The van der Waals surface area contributed by atoms with Crippen LogP contribution >= 0.6 is 11.6 Å². The van der Waals surface area contributed by atoms with Crippen LogP contribution < -0.4 is 0 Å². The minimum atomic E-state index is -1.06. The Morgan fingerprint density at radius 3 is 2.85 bits per heavy atom. The van der Waals surface area contributed by atoms with Gasteiger partial charge in [0.05, 0.1) is 20.7 Å². The van der Waals surface area contributed by atoms with Crippen LogP contribution in [0.3, 0.4) is 0 Å². The molecule has 0 amide bonds. The smallest absolute Gasteiger partial charge is 0.137 e. The number of aromatic amines is 1. The van der Waals surface area contributed by atoms with E-state index >= 15 is 0 Å². The van der Waals surface area contributed by atoms with Gasteiger partial charge in [-0.2, -0.15) is 0 Å². The van der Waals surface area contributed by atoms with Gasteiger partial charge in [0.25, 0.3) is 0 Å². The highest BCUT2D eigenvalue weighted by molar-refractivity contribution is 7.84.